The summed E-state index contributed by atoms with van der Waals surface area (Å²) in [5, 5.41) is 10.6. The fourth-order valence-corrected chi connectivity index (χ4v) is 4.99. The Bertz CT molecular complexity index is 596. The summed E-state index contributed by atoms with van der Waals surface area (Å²) in [6, 6.07) is 9.89. The van der Waals surface area contributed by atoms with E-state index in [0.717, 1.165) is 5.56 Å². The van der Waals surface area contributed by atoms with Crippen molar-refractivity contribution in [2.45, 2.75) is 85.9 Å². The number of rotatable bonds is 8. The highest BCUT2D eigenvalue weighted by atomic mass is 16.3. The van der Waals surface area contributed by atoms with E-state index in [4.69, 9.17) is 11.5 Å². The van der Waals surface area contributed by atoms with Crippen LogP contribution in [0, 0.1) is 16.2 Å². The second-order valence-electron chi connectivity index (χ2n) is 9.95. The Kier molecular flexibility index (Phi) is 7.42. The van der Waals surface area contributed by atoms with E-state index in [9.17, 15) is 9.90 Å². The van der Waals surface area contributed by atoms with Crippen LogP contribution in [0.1, 0.15) is 73.3 Å². The lowest BCUT2D eigenvalue weighted by Gasteiger charge is -2.61. The lowest BCUT2D eigenvalue weighted by molar-refractivity contribution is -0.156. The molecule has 4 heteroatoms. The van der Waals surface area contributed by atoms with Gasteiger partial charge in [0, 0.05) is 11.8 Å². The van der Waals surface area contributed by atoms with E-state index in [1.165, 1.54) is 0 Å². The van der Waals surface area contributed by atoms with Crippen LogP contribution in [0.25, 0.3) is 0 Å². The lowest BCUT2D eigenvalue weighted by atomic mass is 9.46. The lowest BCUT2D eigenvalue weighted by Crippen LogP contribution is -2.75. The maximum Gasteiger partial charge on any atom is 0.167 e. The van der Waals surface area contributed by atoms with E-state index >= 15 is 0 Å². The Hall–Kier alpha value is -1.23. The molecule has 1 aromatic carbocycles. The molecule has 0 spiro atoms. The molecule has 0 amide bonds. The van der Waals surface area contributed by atoms with Crippen molar-refractivity contribution >= 4 is 5.78 Å². The van der Waals surface area contributed by atoms with Gasteiger partial charge in [-0.3, -0.25) is 4.79 Å². The monoisotopic (exact) mass is 376 g/mol. The molecular formula is C23H40N2O2. The van der Waals surface area contributed by atoms with Crippen molar-refractivity contribution in [3.05, 3.63) is 35.9 Å². The van der Waals surface area contributed by atoms with Crippen molar-refractivity contribution in [3.8, 4) is 0 Å². The first kappa shape index (κ1) is 23.8. The summed E-state index contributed by atoms with van der Waals surface area (Å²) in [6.07, 6.45) is 1.32. The molecular weight excluding hydrogens is 336 g/mol. The van der Waals surface area contributed by atoms with Crippen molar-refractivity contribution in [2.75, 3.05) is 0 Å². The Labute approximate surface area is 165 Å². The predicted octanol–water partition coefficient (Wildman–Crippen LogP) is 4.04. The fourth-order valence-electron chi connectivity index (χ4n) is 4.99. The van der Waals surface area contributed by atoms with Crippen molar-refractivity contribution < 1.29 is 9.90 Å². The molecule has 1 rings (SSSR count). The normalized spacial score (nSPS) is 14.9. The number of hydrogen-bond acceptors (Lipinski definition) is 4. The minimum Gasteiger partial charge on any atom is -0.393 e. The number of hydrogen-bond donors (Lipinski definition) is 3. The van der Waals surface area contributed by atoms with Crippen LogP contribution in [-0.2, 0) is 11.2 Å². The minimum absolute atomic E-state index is 0.153. The number of ketones is 1. The van der Waals surface area contributed by atoms with Gasteiger partial charge in [-0.05, 0) is 35.7 Å². The highest BCUT2D eigenvalue weighted by Crippen LogP contribution is 2.59. The number of benzene rings is 1. The van der Waals surface area contributed by atoms with Gasteiger partial charge < -0.3 is 16.6 Å². The van der Waals surface area contributed by atoms with Crippen LogP contribution >= 0.6 is 0 Å². The first-order valence-electron chi connectivity index (χ1n) is 10.0. The third kappa shape index (κ3) is 4.79. The molecule has 0 bridgehead atoms. The first-order chi connectivity index (χ1) is 12.2. The number of carbonyl (C=O) groups is 1. The summed E-state index contributed by atoms with van der Waals surface area (Å²) in [6.45, 7) is 14.4. The third-order valence-corrected chi connectivity index (χ3v) is 6.22. The van der Waals surface area contributed by atoms with Crippen molar-refractivity contribution in [2.24, 2.45) is 27.7 Å². The second-order valence-corrected chi connectivity index (χ2v) is 9.95. The molecule has 0 heterocycles. The maximum atomic E-state index is 13.3. The first-order valence-corrected chi connectivity index (χ1v) is 10.0. The van der Waals surface area contributed by atoms with Crippen molar-refractivity contribution in [1.82, 2.24) is 0 Å². The zero-order valence-electron chi connectivity index (χ0n) is 18.3. The molecule has 5 N–H and O–H groups in total. The van der Waals surface area contributed by atoms with Crippen LogP contribution in [0.4, 0.5) is 0 Å². The van der Waals surface area contributed by atoms with E-state index in [-0.39, 0.29) is 23.0 Å². The Morgan fingerprint density at radius 3 is 1.89 bits per heavy atom. The van der Waals surface area contributed by atoms with Crippen LogP contribution in [0.2, 0.25) is 0 Å². The molecule has 1 atom stereocenters. The van der Waals surface area contributed by atoms with E-state index < -0.39 is 17.2 Å². The smallest absolute Gasteiger partial charge is 0.167 e. The van der Waals surface area contributed by atoms with Gasteiger partial charge in [0.2, 0.25) is 0 Å². The molecule has 154 valence electrons. The zero-order chi connectivity index (χ0) is 21.1. The van der Waals surface area contributed by atoms with Gasteiger partial charge in [0.05, 0.1) is 6.10 Å². The number of nitrogens with two attached hydrogens (primary N) is 2. The van der Waals surface area contributed by atoms with E-state index in [1.807, 2.05) is 37.3 Å². The average Bonchev–Trinajstić information content (AvgIpc) is 2.55. The van der Waals surface area contributed by atoms with Gasteiger partial charge in [-0.25, -0.2) is 0 Å². The fraction of sp³-hybridized carbons (Fsp3) is 0.696. The Morgan fingerprint density at radius 1 is 1.00 bits per heavy atom. The Balaban J connectivity index is 3.33. The standard InChI is InChI=1S/C23H40N2O2/c1-8-18(26)16-22(20(2,3)4,21(5,6)7)23(24,25)19(27)15-14-17-12-10-9-11-13-17/h9-13,18,26H,8,14-16,24-25H2,1-7H3. The summed E-state index contributed by atoms with van der Waals surface area (Å²) in [4.78, 5) is 13.3. The predicted molar refractivity (Wildman–Crippen MR) is 113 cm³/mol. The Morgan fingerprint density at radius 2 is 1.48 bits per heavy atom. The van der Waals surface area contributed by atoms with Crippen LogP contribution in [0.3, 0.4) is 0 Å². The highest BCUT2D eigenvalue weighted by molar-refractivity contribution is 5.89. The van der Waals surface area contributed by atoms with E-state index in [0.29, 0.717) is 19.3 Å². The molecule has 0 aliphatic carbocycles. The molecule has 1 unspecified atom stereocenters. The third-order valence-electron chi connectivity index (χ3n) is 6.22. The van der Waals surface area contributed by atoms with Gasteiger partial charge in [-0.2, -0.15) is 0 Å². The molecule has 0 aliphatic rings. The zero-order valence-corrected chi connectivity index (χ0v) is 18.3. The molecule has 0 saturated heterocycles. The molecule has 0 saturated carbocycles. The summed E-state index contributed by atoms with van der Waals surface area (Å²) >= 11 is 0. The molecule has 0 radical (unpaired) electrons. The molecule has 27 heavy (non-hydrogen) atoms. The molecule has 0 fully saturated rings. The maximum absolute atomic E-state index is 13.3. The van der Waals surface area contributed by atoms with Crippen LogP contribution in [0.5, 0.6) is 0 Å². The van der Waals surface area contributed by atoms with Gasteiger partial charge in [0.1, 0.15) is 5.66 Å². The largest absolute Gasteiger partial charge is 0.393 e. The van der Waals surface area contributed by atoms with Gasteiger partial charge in [-0.1, -0.05) is 78.8 Å². The quantitative estimate of drug-likeness (QED) is 0.597. The van der Waals surface area contributed by atoms with Gasteiger partial charge in [-0.15, -0.1) is 0 Å². The summed E-state index contributed by atoms with van der Waals surface area (Å²) < 4.78 is 0. The minimum atomic E-state index is -1.55. The highest BCUT2D eigenvalue weighted by Gasteiger charge is 2.63. The number of Topliss-reactive ketones (excluding diaryl/α,β-unsaturated/α-hetero) is 1. The topological polar surface area (TPSA) is 89.3 Å². The SMILES string of the molecule is CCC(O)CC(C(C)(C)C)(C(C)(C)C)C(N)(N)C(=O)CCc1ccccc1. The molecule has 1 aromatic rings. The summed E-state index contributed by atoms with van der Waals surface area (Å²) in [5.74, 6) is -0.153. The van der Waals surface area contributed by atoms with E-state index in [1.54, 1.807) is 0 Å². The van der Waals surface area contributed by atoms with Crippen LogP contribution in [0.15, 0.2) is 30.3 Å². The van der Waals surface area contributed by atoms with Gasteiger partial charge >= 0.3 is 0 Å². The van der Waals surface area contributed by atoms with Crippen molar-refractivity contribution in [1.29, 1.82) is 0 Å². The number of aliphatic hydroxyl groups excluding tert-OH is 1. The second kappa shape index (κ2) is 8.42. The van der Waals surface area contributed by atoms with Crippen molar-refractivity contribution in [3.63, 3.8) is 0 Å². The van der Waals surface area contributed by atoms with Gasteiger partial charge in [0.15, 0.2) is 5.78 Å². The van der Waals surface area contributed by atoms with E-state index in [2.05, 4.69) is 41.5 Å². The van der Waals surface area contributed by atoms with Crippen LogP contribution in [-0.4, -0.2) is 22.7 Å². The van der Waals surface area contributed by atoms with Gasteiger partial charge in [0.25, 0.3) is 0 Å². The molecule has 0 aliphatic heterocycles. The average molecular weight is 377 g/mol. The number of aliphatic hydroxyl groups is 1. The number of aryl methyl sites for hydroxylation is 1. The molecule has 4 nitrogen and oxygen atoms in total. The van der Waals surface area contributed by atoms with Crippen LogP contribution < -0.4 is 11.5 Å². The summed E-state index contributed by atoms with van der Waals surface area (Å²) in [7, 11) is 0. The number of carbonyl (C=O) groups excluding carboxylic acids is 1. The molecule has 0 aromatic heterocycles. The summed E-state index contributed by atoms with van der Waals surface area (Å²) in [5.41, 5.74) is 11.4.